The number of halogens is 5. The highest BCUT2D eigenvalue weighted by molar-refractivity contribution is 5.89. The van der Waals surface area contributed by atoms with Crippen molar-refractivity contribution >= 4 is 28.6 Å². The second kappa shape index (κ2) is 7.98. The van der Waals surface area contributed by atoms with Crippen LogP contribution in [0, 0.1) is 11.6 Å². The topological polar surface area (TPSA) is 93.4 Å². The molecular formula is C19H15F5N8. The number of aromatic nitrogens is 6. The third-order valence-corrected chi connectivity index (χ3v) is 4.39. The highest BCUT2D eigenvalue weighted by Gasteiger charge is 2.33. The van der Waals surface area contributed by atoms with E-state index >= 15 is 0 Å². The Kier molecular flexibility index (Phi) is 5.32. The minimum atomic E-state index is -4.67. The molecule has 0 spiro atoms. The first-order valence-electron chi connectivity index (χ1n) is 9.18. The smallest absolute Gasteiger partial charge is 0.346 e. The Morgan fingerprint density at radius 3 is 2.50 bits per heavy atom. The maximum absolute atomic E-state index is 14.1. The van der Waals surface area contributed by atoms with Gasteiger partial charge in [-0.15, -0.1) is 0 Å². The van der Waals surface area contributed by atoms with Crippen LogP contribution in [-0.2, 0) is 13.2 Å². The third kappa shape index (κ3) is 4.40. The van der Waals surface area contributed by atoms with Gasteiger partial charge in [-0.1, -0.05) is 0 Å². The van der Waals surface area contributed by atoms with Crippen molar-refractivity contribution in [3.8, 4) is 0 Å². The van der Waals surface area contributed by atoms with Crippen molar-refractivity contribution in [1.82, 2.24) is 29.5 Å². The molecule has 0 radical (unpaired) electrons. The molecule has 4 heterocycles. The predicted molar refractivity (Wildman–Crippen MR) is 105 cm³/mol. The number of pyridine rings is 2. The molecule has 0 fully saturated rings. The SMILES string of the molecule is C[C@H](Nc1nc(Nc2cn(C)cn2)c2ccc(C(F)(F)F)nc2n1)c1ncc(F)cc1F. The molecule has 8 nitrogen and oxygen atoms in total. The lowest BCUT2D eigenvalue weighted by Gasteiger charge is -2.16. The second-order valence-electron chi connectivity index (χ2n) is 6.90. The van der Waals surface area contributed by atoms with E-state index < -0.39 is 29.5 Å². The predicted octanol–water partition coefficient (Wildman–Crippen LogP) is 4.37. The fraction of sp³-hybridized carbons (Fsp3) is 0.211. The Morgan fingerprint density at radius 2 is 1.84 bits per heavy atom. The van der Waals surface area contributed by atoms with E-state index in [-0.39, 0.29) is 28.5 Å². The van der Waals surface area contributed by atoms with E-state index in [0.29, 0.717) is 11.9 Å². The summed E-state index contributed by atoms with van der Waals surface area (Å²) in [5.41, 5.74) is -1.49. The van der Waals surface area contributed by atoms with Gasteiger partial charge in [0.05, 0.1) is 29.6 Å². The first-order chi connectivity index (χ1) is 15.1. The molecule has 0 saturated carbocycles. The van der Waals surface area contributed by atoms with E-state index in [4.69, 9.17) is 0 Å². The number of imidazole rings is 1. The molecule has 0 bridgehead atoms. The maximum atomic E-state index is 14.1. The summed E-state index contributed by atoms with van der Waals surface area (Å²) in [5, 5.41) is 5.90. The summed E-state index contributed by atoms with van der Waals surface area (Å²) >= 11 is 0. The monoisotopic (exact) mass is 450 g/mol. The molecule has 1 atom stereocenters. The molecule has 4 rings (SSSR count). The molecule has 13 heteroatoms. The summed E-state index contributed by atoms with van der Waals surface area (Å²) in [5.74, 6) is -1.35. The minimum Gasteiger partial charge on any atom is -0.346 e. The molecular weight excluding hydrogens is 435 g/mol. The minimum absolute atomic E-state index is 0.119. The van der Waals surface area contributed by atoms with Gasteiger partial charge in [0.1, 0.15) is 29.0 Å². The molecule has 0 aliphatic rings. The quantitative estimate of drug-likeness (QED) is 0.436. The Hall–Kier alpha value is -3.90. The standard InChI is InChI=1S/C19H15F5N8/c1-9(15-12(21)5-10(20)6-25-15)27-18-30-16-11(3-4-13(28-16)19(22,23)24)17(31-18)29-14-7-32(2)8-26-14/h3-9H,1-2H3,(H2,27,28,29,30,31)/t9-/m0/s1. The Morgan fingerprint density at radius 1 is 1.06 bits per heavy atom. The lowest BCUT2D eigenvalue weighted by Crippen LogP contribution is -2.14. The summed E-state index contributed by atoms with van der Waals surface area (Å²) in [4.78, 5) is 19.8. The molecule has 2 N–H and O–H groups in total. The average molecular weight is 450 g/mol. The van der Waals surface area contributed by atoms with Gasteiger partial charge in [-0.05, 0) is 19.1 Å². The lowest BCUT2D eigenvalue weighted by atomic mass is 10.2. The number of aryl methyl sites for hydroxylation is 1. The largest absolute Gasteiger partial charge is 0.433 e. The number of alkyl halides is 3. The van der Waals surface area contributed by atoms with Gasteiger partial charge in [-0.3, -0.25) is 4.98 Å². The van der Waals surface area contributed by atoms with E-state index in [1.807, 2.05) is 0 Å². The third-order valence-electron chi connectivity index (χ3n) is 4.39. The molecule has 4 aromatic heterocycles. The highest BCUT2D eigenvalue weighted by Crippen LogP contribution is 2.31. The first-order valence-corrected chi connectivity index (χ1v) is 9.18. The van der Waals surface area contributed by atoms with Gasteiger partial charge in [0.25, 0.3) is 0 Å². The van der Waals surface area contributed by atoms with Crippen molar-refractivity contribution in [3.63, 3.8) is 0 Å². The van der Waals surface area contributed by atoms with Gasteiger partial charge in [0, 0.05) is 19.3 Å². The zero-order valence-electron chi connectivity index (χ0n) is 16.6. The number of fused-ring (bicyclic) bond motifs is 1. The maximum Gasteiger partial charge on any atom is 0.433 e. The zero-order chi connectivity index (χ0) is 23.0. The van der Waals surface area contributed by atoms with Gasteiger partial charge in [0.2, 0.25) is 5.95 Å². The number of nitrogens with one attached hydrogen (secondary N) is 2. The van der Waals surface area contributed by atoms with Crippen molar-refractivity contribution in [3.05, 3.63) is 59.9 Å². The number of rotatable bonds is 5. The molecule has 0 saturated heterocycles. The van der Waals surface area contributed by atoms with Crippen molar-refractivity contribution < 1.29 is 22.0 Å². The summed E-state index contributed by atoms with van der Waals surface area (Å²) in [6.45, 7) is 1.52. The Balaban J connectivity index is 1.76. The Labute approximate surface area is 177 Å². The van der Waals surface area contributed by atoms with E-state index in [1.165, 1.54) is 19.3 Å². The van der Waals surface area contributed by atoms with Crippen molar-refractivity contribution in [2.24, 2.45) is 7.05 Å². The molecule has 4 aromatic rings. The van der Waals surface area contributed by atoms with E-state index in [9.17, 15) is 22.0 Å². The number of nitrogens with zero attached hydrogens (tertiary/aromatic N) is 6. The van der Waals surface area contributed by atoms with Crippen molar-refractivity contribution in [1.29, 1.82) is 0 Å². The van der Waals surface area contributed by atoms with E-state index in [0.717, 1.165) is 12.3 Å². The van der Waals surface area contributed by atoms with Gasteiger partial charge in [0.15, 0.2) is 5.65 Å². The molecule has 32 heavy (non-hydrogen) atoms. The number of hydrogen-bond acceptors (Lipinski definition) is 7. The van der Waals surface area contributed by atoms with Crippen LogP contribution >= 0.6 is 0 Å². The summed E-state index contributed by atoms with van der Waals surface area (Å²) in [6, 6.07) is 1.86. The number of hydrogen-bond donors (Lipinski definition) is 2. The van der Waals surface area contributed by atoms with Crippen LogP contribution < -0.4 is 10.6 Å². The van der Waals surface area contributed by atoms with Crippen LogP contribution in [0.4, 0.5) is 39.5 Å². The molecule has 166 valence electrons. The van der Waals surface area contributed by atoms with Crippen LogP contribution in [-0.4, -0.2) is 29.5 Å². The summed E-state index contributed by atoms with van der Waals surface area (Å²) < 4.78 is 68.3. The first kappa shape index (κ1) is 21.3. The normalized spacial score (nSPS) is 12.7. The van der Waals surface area contributed by atoms with Crippen LogP contribution in [0.25, 0.3) is 11.0 Å². The molecule has 0 aliphatic carbocycles. The fourth-order valence-corrected chi connectivity index (χ4v) is 2.93. The average Bonchev–Trinajstić information content (AvgIpc) is 3.11. The highest BCUT2D eigenvalue weighted by atomic mass is 19.4. The molecule has 0 amide bonds. The van der Waals surface area contributed by atoms with Gasteiger partial charge in [-0.2, -0.15) is 23.1 Å². The van der Waals surface area contributed by atoms with Crippen LogP contribution in [0.5, 0.6) is 0 Å². The van der Waals surface area contributed by atoms with Crippen LogP contribution in [0.3, 0.4) is 0 Å². The van der Waals surface area contributed by atoms with Crippen LogP contribution in [0.1, 0.15) is 24.4 Å². The van der Waals surface area contributed by atoms with Gasteiger partial charge < -0.3 is 15.2 Å². The number of anilines is 3. The second-order valence-corrected chi connectivity index (χ2v) is 6.90. The summed E-state index contributed by atoms with van der Waals surface area (Å²) in [7, 11) is 1.74. The molecule has 0 unspecified atom stereocenters. The zero-order valence-corrected chi connectivity index (χ0v) is 16.6. The van der Waals surface area contributed by atoms with Crippen LogP contribution in [0.2, 0.25) is 0 Å². The molecule has 0 aromatic carbocycles. The Bertz CT molecular complexity index is 1290. The van der Waals surface area contributed by atoms with E-state index in [1.54, 1.807) is 17.8 Å². The van der Waals surface area contributed by atoms with E-state index in [2.05, 4.69) is 35.6 Å². The fourth-order valence-electron chi connectivity index (χ4n) is 2.93. The van der Waals surface area contributed by atoms with Gasteiger partial charge >= 0.3 is 6.18 Å². The summed E-state index contributed by atoms with van der Waals surface area (Å²) in [6.07, 6.45) is -0.659. The van der Waals surface area contributed by atoms with Crippen LogP contribution in [0.15, 0.2) is 36.9 Å². The van der Waals surface area contributed by atoms with Gasteiger partial charge in [-0.25, -0.2) is 18.7 Å². The van der Waals surface area contributed by atoms with Crippen molar-refractivity contribution in [2.75, 3.05) is 10.6 Å². The molecule has 0 aliphatic heterocycles. The van der Waals surface area contributed by atoms with Crippen molar-refractivity contribution in [2.45, 2.75) is 19.1 Å². The lowest BCUT2D eigenvalue weighted by molar-refractivity contribution is -0.141.